The summed E-state index contributed by atoms with van der Waals surface area (Å²) >= 11 is 1.93. The second-order valence-electron chi connectivity index (χ2n) is 17.2. The van der Waals surface area contributed by atoms with Gasteiger partial charge in [-0.2, -0.15) is 0 Å². The van der Waals surface area contributed by atoms with Crippen molar-refractivity contribution in [3.05, 3.63) is 234 Å². The summed E-state index contributed by atoms with van der Waals surface area (Å²) in [5, 5.41) is 2.63. The number of fused-ring (bicyclic) bond motifs is 6. The fourth-order valence-corrected chi connectivity index (χ4v) is 10.8. The van der Waals surface area contributed by atoms with Gasteiger partial charge < -0.3 is 0 Å². The summed E-state index contributed by atoms with van der Waals surface area (Å²) in [4.78, 5) is 0. The van der Waals surface area contributed by atoms with Crippen LogP contribution in [-0.4, -0.2) is 0 Å². The largest absolute Gasteiger partial charge is 0.135 e. The van der Waals surface area contributed by atoms with E-state index in [1.807, 2.05) is 77.2 Å². The van der Waals surface area contributed by atoms with Gasteiger partial charge in [-0.05, 0) is 135 Å². The van der Waals surface area contributed by atoms with Crippen molar-refractivity contribution in [3.8, 4) is 55.6 Å². The van der Waals surface area contributed by atoms with Crippen molar-refractivity contribution in [1.29, 1.82) is 0 Å². The topological polar surface area (TPSA) is 0 Å². The third-order valence-corrected chi connectivity index (χ3v) is 14.1. The predicted octanol–water partition coefficient (Wildman–Crippen LogP) is 21.1. The van der Waals surface area contributed by atoms with E-state index in [-0.39, 0.29) is 5.41 Å². The first kappa shape index (κ1) is 51.6. The third kappa shape index (κ3) is 10.8. The molecule has 8 aromatic carbocycles. The van der Waals surface area contributed by atoms with Crippen molar-refractivity contribution in [2.45, 2.75) is 94.9 Å². The molecule has 0 nitrogen and oxygen atoms in total. The van der Waals surface area contributed by atoms with Gasteiger partial charge in [0.05, 0.1) is 0 Å². The Bertz CT molecular complexity index is 3190. The lowest BCUT2D eigenvalue weighted by atomic mass is 9.81. The molecule has 1 aliphatic carbocycles. The van der Waals surface area contributed by atoms with E-state index in [0.29, 0.717) is 0 Å². The van der Waals surface area contributed by atoms with Crippen molar-refractivity contribution in [2.24, 2.45) is 0 Å². The van der Waals surface area contributed by atoms with Crippen LogP contribution in [0.15, 0.2) is 201 Å². The van der Waals surface area contributed by atoms with Gasteiger partial charge in [0.15, 0.2) is 0 Å². The first-order valence-electron chi connectivity index (χ1n) is 25.2. The van der Waals surface area contributed by atoms with E-state index in [1.54, 1.807) is 0 Å². The fourth-order valence-electron chi connectivity index (χ4n) is 9.56. The summed E-state index contributed by atoms with van der Waals surface area (Å²) in [5.41, 5.74) is 22.0. The average Bonchev–Trinajstić information content (AvgIpc) is 3.88. The molecule has 0 saturated heterocycles. The van der Waals surface area contributed by atoms with Gasteiger partial charge in [-0.1, -0.05) is 244 Å². The quantitative estimate of drug-likeness (QED) is 0.133. The van der Waals surface area contributed by atoms with Crippen molar-refractivity contribution >= 4 is 37.1 Å². The van der Waals surface area contributed by atoms with Crippen LogP contribution in [0, 0.1) is 13.8 Å². The zero-order valence-electron chi connectivity index (χ0n) is 43.3. The number of aryl methyl sites for hydroxylation is 2. The van der Waals surface area contributed by atoms with Crippen LogP contribution >= 0.6 is 11.3 Å². The standard InChI is InChI=1S/C55H46S.C7H8.3C2H6/c1-7-15-37(16-8-2)39-21-23-40(24-22-39)47-34-49-48-32-42(43-26-29-46-45-19-13-14-20-50(45)55(5,6)51(46)33-43)27-30-52(48)56-54(49)53(35(47)4)44-28-25-41(31-36(44)9-3)38-17-11-10-12-18-38;1-7-5-3-2-4-6-7;3*1-2/h7-8,10-34H,1,9H2,2-6H3;2-6H,1H3;3*1-2H3/b16-8-,37-15+;;;;. The van der Waals surface area contributed by atoms with Gasteiger partial charge in [-0.25, -0.2) is 0 Å². The van der Waals surface area contributed by atoms with Gasteiger partial charge in [-0.3, -0.25) is 0 Å². The van der Waals surface area contributed by atoms with Crippen LogP contribution in [0.5, 0.6) is 0 Å². The van der Waals surface area contributed by atoms with Gasteiger partial charge >= 0.3 is 0 Å². The lowest BCUT2D eigenvalue weighted by molar-refractivity contribution is 0.660. The number of thiophene rings is 1. The predicted molar refractivity (Wildman–Crippen MR) is 311 cm³/mol. The van der Waals surface area contributed by atoms with E-state index in [0.717, 1.165) is 12.0 Å². The van der Waals surface area contributed by atoms with Crippen LogP contribution in [0.3, 0.4) is 0 Å². The van der Waals surface area contributed by atoms with E-state index >= 15 is 0 Å². The maximum absolute atomic E-state index is 3.96. The van der Waals surface area contributed by atoms with Crippen LogP contribution in [0.25, 0.3) is 81.4 Å². The van der Waals surface area contributed by atoms with Crippen molar-refractivity contribution in [3.63, 3.8) is 0 Å². The molecule has 9 aromatic rings. The molecule has 0 atom stereocenters. The average molecular weight is 921 g/mol. The van der Waals surface area contributed by atoms with E-state index in [4.69, 9.17) is 0 Å². The maximum atomic E-state index is 3.96. The fraction of sp³-hybridized carbons (Fsp3) is 0.206. The first-order valence-corrected chi connectivity index (χ1v) is 26.0. The molecular formula is C68H72S. The van der Waals surface area contributed by atoms with E-state index in [1.165, 1.54) is 109 Å². The zero-order valence-corrected chi connectivity index (χ0v) is 44.1. The Morgan fingerprint density at radius 1 is 0.536 bits per heavy atom. The summed E-state index contributed by atoms with van der Waals surface area (Å²) in [6.45, 7) is 29.4. The highest BCUT2D eigenvalue weighted by atomic mass is 32.1. The minimum absolute atomic E-state index is 0.0416. The van der Waals surface area contributed by atoms with E-state index in [2.05, 4.69) is 218 Å². The molecule has 0 aliphatic heterocycles. The Hall–Kier alpha value is -6.80. The Morgan fingerprint density at radius 2 is 1.10 bits per heavy atom. The van der Waals surface area contributed by atoms with Gasteiger partial charge in [0.2, 0.25) is 0 Å². The zero-order chi connectivity index (χ0) is 49.7. The minimum Gasteiger partial charge on any atom is -0.135 e. The Morgan fingerprint density at radius 3 is 1.72 bits per heavy atom. The van der Waals surface area contributed by atoms with Crippen LogP contribution < -0.4 is 0 Å². The molecule has 350 valence electrons. The molecular weight excluding hydrogens is 849 g/mol. The second kappa shape index (κ2) is 24.0. The van der Waals surface area contributed by atoms with Gasteiger partial charge in [0.25, 0.3) is 0 Å². The third-order valence-electron chi connectivity index (χ3n) is 12.9. The highest BCUT2D eigenvalue weighted by molar-refractivity contribution is 7.26. The number of hydrogen-bond acceptors (Lipinski definition) is 1. The Balaban J connectivity index is 0.000000537. The summed E-state index contributed by atoms with van der Waals surface area (Å²) < 4.78 is 2.67. The molecule has 0 amide bonds. The molecule has 0 radical (unpaired) electrons. The molecule has 0 spiro atoms. The molecule has 0 fully saturated rings. The molecule has 0 bridgehead atoms. The van der Waals surface area contributed by atoms with E-state index in [9.17, 15) is 0 Å². The summed E-state index contributed by atoms with van der Waals surface area (Å²) in [6, 6.07) is 62.8. The molecule has 1 aromatic heterocycles. The van der Waals surface area contributed by atoms with Crippen LogP contribution in [-0.2, 0) is 11.8 Å². The monoisotopic (exact) mass is 921 g/mol. The van der Waals surface area contributed by atoms with Crippen LogP contribution in [0.1, 0.15) is 103 Å². The smallest absolute Gasteiger partial charge is 0.0437 e. The number of benzene rings is 8. The summed E-state index contributed by atoms with van der Waals surface area (Å²) in [6.07, 6.45) is 9.12. The van der Waals surface area contributed by atoms with Gasteiger partial charge in [0, 0.05) is 31.2 Å². The van der Waals surface area contributed by atoms with Crippen LogP contribution in [0.2, 0.25) is 0 Å². The minimum atomic E-state index is -0.0416. The van der Waals surface area contributed by atoms with Crippen molar-refractivity contribution in [1.82, 2.24) is 0 Å². The number of rotatable bonds is 8. The lowest BCUT2D eigenvalue weighted by Gasteiger charge is -2.22. The van der Waals surface area contributed by atoms with Crippen LogP contribution in [0.4, 0.5) is 0 Å². The Labute approximate surface area is 419 Å². The van der Waals surface area contributed by atoms with Crippen molar-refractivity contribution < 1.29 is 0 Å². The summed E-state index contributed by atoms with van der Waals surface area (Å²) in [5.74, 6) is 0. The highest BCUT2D eigenvalue weighted by Crippen LogP contribution is 2.51. The van der Waals surface area contributed by atoms with Gasteiger partial charge in [-0.15, -0.1) is 11.3 Å². The molecule has 69 heavy (non-hydrogen) atoms. The molecule has 0 unspecified atom stereocenters. The number of allylic oxidation sites excluding steroid dienone is 5. The van der Waals surface area contributed by atoms with E-state index < -0.39 is 0 Å². The first-order chi connectivity index (χ1) is 33.7. The molecule has 0 saturated carbocycles. The van der Waals surface area contributed by atoms with Gasteiger partial charge in [0.1, 0.15) is 0 Å². The lowest BCUT2D eigenvalue weighted by Crippen LogP contribution is -2.14. The van der Waals surface area contributed by atoms with Crippen molar-refractivity contribution in [2.75, 3.05) is 0 Å². The molecule has 1 aliphatic rings. The summed E-state index contributed by atoms with van der Waals surface area (Å²) in [7, 11) is 0. The second-order valence-corrected chi connectivity index (χ2v) is 18.3. The molecule has 1 heterocycles. The Kier molecular flexibility index (Phi) is 17.9. The highest BCUT2D eigenvalue weighted by Gasteiger charge is 2.35. The SMILES string of the molecule is C=C/C=C(\C=C/C)c1ccc(-c2cc3c(sc4ccc(-c5ccc6c(c5)C(C)(C)c5ccccc5-6)cc43)c(-c3ccc(-c4ccccc4)cc3CC)c2C)cc1.CC.CC.CC.Cc1ccccc1. The maximum Gasteiger partial charge on any atom is 0.0437 e. The molecule has 0 N–H and O–H groups in total. The number of hydrogen-bond donors (Lipinski definition) is 0. The molecule has 1 heteroatoms. The molecule has 10 rings (SSSR count). The normalized spacial score (nSPS) is 12.0.